The Kier molecular flexibility index (Phi) is 2.53. The lowest BCUT2D eigenvalue weighted by molar-refractivity contribution is -0.234. The van der Waals surface area contributed by atoms with Gasteiger partial charge in [0, 0.05) is 0 Å². The van der Waals surface area contributed by atoms with Crippen LogP contribution in [0.25, 0.3) is 0 Å². The van der Waals surface area contributed by atoms with E-state index in [4.69, 9.17) is 28.5 Å². The largest absolute Gasteiger partial charge is 0.377 e. The van der Waals surface area contributed by atoms with Gasteiger partial charge in [0.25, 0.3) is 0 Å². The zero-order valence-corrected chi connectivity index (χ0v) is 5.53. The van der Waals surface area contributed by atoms with E-state index in [9.17, 15) is 4.79 Å². The average molecular weight is 159 g/mol. The summed E-state index contributed by atoms with van der Waals surface area (Å²) in [6.07, 6.45) is 0. The molecule has 0 aliphatic rings. The van der Waals surface area contributed by atoms with E-state index in [1.807, 2.05) is 0 Å². The van der Waals surface area contributed by atoms with E-state index in [0.29, 0.717) is 0 Å². The topological polar surface area (TPSA) is 46.5 Å². The first-order valence-electron chi connectivity index (χ1n) is 1.72. The summed E-state index contributed by atoms with van der Waals surface area (Å²) in [5.41, 5.74) is 0. The van der Waals surface area contributed by atoms with Crippen LogP contribution in [0.3, 0.4) is 0 Å². The van der Waals surface area contributed by atoms with Crippen molar-refractivity contribution in [1.82, 2.24) is 0 Å². The first kappa shape index (κ1) is 8.01. The maximum Gasteiger partial charge on any atom is 0.377 e. The number of carbonyl (C=O) groups excluding carboxylic acids is 1. The Hall–Kier alpha value is 0.01000. The van der Waals surface area contributed by atoms with Crippen LogP contribution in [0.1, 0.15) is 6.92 Å². The fraction of sp³-hybridized carbons (Fsp3) is 0.667. The smallest absolute Gasteiger partial charge is 0.298 e. The van der Waals surface area contributed by atoms with Crippen molar-refractivity contribution < 1.29 is 14.9 Å². The summed E-state index contributed by atoms with van der Waals surface area (Å²) in [6.45, 7) is 1.19. The van der Waals surface area contributed by atoms with Gasteiger partial charge in [0.15, 0.2) is 0 Å². The molecule has 1 N–H and O–H groups in total. The molecule has 0 saturated heterocycles. The molecule has 5 heteroatoms. The molecule has 0 aliphatic heterocycles. The second kappa shape index (κ2) is 2.53. The fourth-order valence-corrected chi connectivity index (χ4v) is 0.149. The normalized spacial score (nSPS) is 11.0. The first-order valence-corrected chi connectivity index (χ1v) is 2.47. The summed E-state index contributed by atoms with van der Waals surface area (Å²) in [5.74, 6) is -1.08. The maximum absolute atomic E-state index is 10.1. The van der Waals surface area contributed by atoms with Gasteiger partial charge in [-0.15, -0.1) is 0 Å². The molecule has 48 valence electrons. The predicted molar refractivity (Wildman–Crippen MR) is 28.8 cm³/mol. The highest BCUT2D eigenvalue weighted by Crippen LogP contribution is 2.20. The van der Waals surface area contributed by atoms with Gasteiger partial charge >= 0.3 is 5.97 Å². The summed E-state index contributed by atoms with van der Waals surface area (Å²) in [6, 6.07) is 0. The third-order valence-electron chi connectivity index (χ3n) is 0.441. The number of hydrogen-bond donors (Lipinski definition) is 1. The Bertz CT molecular complexity index is 95.2. The molecule has 0 radical (unpaired) electrons. The van der Waals surface area contributed by atoms with Crippen molar-refractivity contribution in [2.45, 2.75) is 11.3 Å². The zero-order chi connectivity index (χ0) is 6.78. The van der Waals surface area contributed by atoms with Gasteiger partial charge in [0.1, 0.15) is 0 Å². The second-order valence-corrected chi connectivity index (χ2v) is 2.97. The van der Waals surface area contributed by atoms with Crippen molar-refractivity contribution >= 4 is 29.2 Å². The molecular weight excluding hydrogens is 155 g/mol. The SMILES string of the molecule is CC(Cl)(Cl)C(=O)OO. The molecule has 0 aromatic carbocycles. The molecule has 0 saturated carbocycles. The van der Waals surface area contributed by atoms with Crippen LogP contribution >= 0.6 is 23.2 Å². The lowest BCUT2D eigenvalue weighted by Gasteiger charge is -2.05. The van der Waals surface area contributed by atoms with Gasteiger partial charge in [-0.2, -0.15) is 5.26 Å². The minimum atomic E-state index is -1.66. The highest BCUT2D eigenvalue weighted by molar-refractivity contribution is 6.57. The number of hydrogen-bond acceptors (Lipinski definition) is 3. The van der Waals surface area contributed by atoms with Gasteiger partial charge < -0.3 is 0 Å². The number of alkyl halides is 2. The van der Waals surface area contributed by atoms with E-state index in [1.165, 1.54) is 6.92 Å². The highest BCUT2D eigenvalue weighted by atomic mass is 35.5. The molecule has 0 rings (SSSR count). The van der Waals surface area contributed by atoms with Crippen molar-refractivity contribution in [1.29, 1.82) is 0 Å². The highest BCUT2D eigenvalue weighted by Gasteiger charge is 2.29. The van der Waals surface area contributed by atoms with Crippen LogP contribution in [0.4, 0.5) is 0 Å². The first-order chi connectivity index (χ1) is 3.48. The van der Waals surface area contributed by atoms with Crippen molar-refractivity contribution in [3.8, 4) is 0 Å². The van der Waals surface area contributed by atoms with E-state index in [2.05, 4.69) is 4.89 Å². The van der Waals surface area contributed by atoms with Crippen molar-refractivity contribution in [3.05, 3.63) is 0 Å². The molecule has 0 aromatic rings. The molecule has 0 amide bonds. The van der Waals surface area contributed by atoms with Crippen molar-refractivity contribution in [3.63, 3.8) is 0 Å². The van der Waals surface area contributed by atoms with Crippen LogP contribution in [-0.4, -0.2) is 15.6 Å². The van der Waals surface area contributed by atoms with Gasteiger partial charge in [0.2, 0.25) is 4.33 Å². The molecule has 0 aromatic heterocycles. The number of halogens is 2. The van der Waals surface area contributed by atoms with Gasteiger partial charge in [0.05, 0.1) is 0 Å². The van der Waals surface area contributed by atoms with Crippen molar-refractivity contribution in [2.24, 2.45) is 0 Å². The summed E-state index contributed by atoms with van der Waals surface area (Å²) >= 11 is 10.2. The fourth-order valence-electron chi connectivity index (χ4n) is 0.0801. The quantitative estimate of drug-likeness (QED) is 0.355. The lowest BCUT2D eigenvalue weighted by atomic mass is 10.5. The van der Waals surface area contributed by atoms with Gasteiger partial charge in [-0.1, -0.05) is 23.2 Å². The van der Waals surface area contributed by atoms with Crippen LogP contribution < -0.4 is 0 Å². The Labute approximate surface area is 56.1 Å². The van der Waals surface area contributed by atoms with Crippen LogP contribution in [0.15, 0.2) is 0 Å². The van der Waals surface area contributed by atoms with E-state index >= 15 is 0 Å². The standard InChI is InChI=1S/C3H4Cl2O3/c1-3(4,5)2(6)8-7/h7H,1H3. The van der Waals surface area contributed by atoms with E-state index in [-0.39, 0.29) is 0 Å². The molecule has 3 nitrogen and oxygen atoms in total. The Morgan fingerprint density at radius 3 is 2.12 bits per heavy atom. The van der Waals surface area contributed by atoms with Gasteiger partial charge in [-0.25, -0.2) is 4.79 Å². The zero-order valence-electron chi connectivity index (χ0n) is 4.02. The Morgan fingerprint density at radius 1 is 1.75 bits per heavy atom. The molecular formula is C3H4Cl2O3. The number of rotatable bonds is 1. The average Bonchev–Trinajstić information content (AvgIpc) is 1.62. The summed E-state index contributed by atoms with van der Waals surface area (Å²) < 4.78 is -1.66. The Morgan fingerprint density at radius 2 is 2.12 bits per heavy atom. The van der Waals surface area contributed by atoms with Gasteiger partial charge in [-0.05, 0) is 6.92 Å². The van der Waals surface area contributed by atoms with Crippen LogP contribution in [-0.2, 0) is 9.68 Å². The lowest BCUT2D eigenvalue weighted by Crippen LogP contribution is -2.22. The van der Waals surface area contributed by atoms with E-state index in [1.54, 1.807) is 0 Å². The minimum absolute atomic E-state index is 1.08. The third kappa shape index (κ3) is 2.35. The summed E-state index contributed by atoms with van der Waals surface area (Å²) in [7, 11) is 0. The molecule has 8 heavy (non-hydrogen) atoms. The molecule has 0 heterocycles. The molecule has 0 bridgehead atoms. The second-order valence-electron chi connectivity index (χ2n) is 1.27. The molecule has 0 atom stereocenters. The maximum atomic E-state index is 10.1. The molecule has 0 spiro atoms. The van der Waals surface area contributed by atoms with Crippen LogP contribution in [0.5, 0.6) is 0 Å². The van der Waals surface area contributed by atoms with E-state index < -0.39 is 10.3 Å². The Balaban J connectivity index is 3.82. The van der Waals surface area contributed by atoms with Crippen molar-refractivity contribution in [2.75, 3.05) is 0 Å². The molecule has 0 aliphatic carbocycles. The van der Waals surface area contributed by atoms with Crippen LogP contribution in [0, 0.1) is 0 Å². The summed E-state index contributed by atoms with van der Waals surface area (Å²) in [5, 5.41) is 7.65. The summed E-state index contributed by atoms with van der Waals surface area (Å²) in [4.78, 5) is 13.3. The van der Waals surface area contributed by atoms with E-state index in [0.717, 1.165) is 0 Å². The third-order valence-corrected chi connectivity index (χ3v) is 0.750. The number of carbonyl (C=O) groups is 1. The van der Waals surface area contributed by atoms with Gasteiger partial charge in [-0.3, -0.25) is 4.89 Å². The molecule has 0 fully saturated rings. The predicted octanol–water partition coefficient (Wildman–Crippen LogP) is 1.20. The monoisotopic (exact) mass is 158 g/mol. The van der Waals surface area contributed by atoms with Crippen LogP contribution in [0.2, 0.25) is 0 Å². The molecule has 0 unspecified atom stereocenters. The minimum Gasteiger partial charge on any atom is -0.298 e.